The minimum atomic E-state index is -0.788. The molecule has 32 heavy (non-hydrogen) atoms. The lowest BCUT2D eigenvalue weighted by Crippen LogP contribution is -2.51. The molecule has 2 N–H and O–H groups in total. The van der Waals surface area contributed by atoms with Crippen LogP contribution >= 0.6 is 11.8 Å². The second-order valence-electron chi connectivity index (χ2n) is 9.37. The normalized spacial score (nSPS) is 20.6. The third kappa shape index (κ3) is 5.21. The second kappa shape index (κ2) is 8.94. The zero-order chi connectivity index (χ0) is 22.9. The van der Waals surface area contributed by atoms with Crippen LogP contribution in [-0.4, -0.2) is 48.4 Å². The van der Waals surface area contributed by atoms with Crippen molar-refractivity contribution >= 4 is 37.2 Å². The first kappa shape index (κ1) is 22.9. The quantitative estimate of drug-likeness (QED) is 0.390. The molecule has 2 heterocycles. The largest absolute Gasteiger partial charge is 0.443 e. The standard InChI is InChI=1S/C23H30BN5O2S/c1-22(2,3)31-21(30)29-12-11-23(24,17-7-5-6-8-18(17)29)26-14-15-13-25-20(32-4)28-19(15)27-16-9-10-16/h5-8,13,16,26H,9-12,14H2,1-4H3,(H,25,27,28). The van der Waals surface area contributed by atoms with Gasteiger partial charge in [0, 0.05) is 36.3 Å². The van der Waals surface area contributed by atoms with E-state index in [0.717, 1.165) is 27.8 Å². The molecule has 1 amide bonds. The van der Waals surface area contributed by atoms with E-state index in [1.54, 1.807) is 4.90 Å². The minimum absolute atomic E-state index is 0.357. The van der Waals surface area contributed by atoms with Crippen LogP contribution in [0.1, 0.15) is 51.2 Å². The summed E-state index contributed by atoms with van der Waals surface area (Å²) in [5, 5.41) is 7.78. The number of amides is 1. The Morgan fingerprint density at radius 3 is 2.78 bits per heavy atom. The number of rotatable bonds is 6. The molecule has 4 rings (SSSR count). The Morgan fingerprint density at radius 2 is 2.09 bits per heavy atom. The molecule has 7 nitrogen and oxygen atoms in total. The van der Waals surface area contributed by atoms with Crippen molar-refractivity contribution in [3.8, 4) is 0 Å². The Labute approximate surface area is 195 Å². The van der Waals surface area contributed by atoms with Gasteiger partial charge in [-0.3, -0.25) is 4.90 Å². The van der Waals surface area contributed by atoms with E-state index in [1.165, 1.54) is 24.6 Å². The molecule has 2 aromatic rings. The number of aromatic nitrogens is 2. The third-order valence-corrected chi connectivity index (χ3v) is 6.12. The molecule has 1 atom stereocenters. The molecule has 1 aromatic heterocycles. The molecule has 1 aliphatic heterocycles. The number of anilines is 2. The lowest BCUT2D eigenvalue weighted by Gasteiger charge is -2.42. The van der Waals surface area contributed by atoms with Crippen LogP contribution in [0.15, 0.2) is 35.6 Å². The molecule has 0 bridgehead atoms. The minimum Gasteiger partial charge on any atom is -0.443 e. The molecule has 1 aliphatic carbocycles. The number of carbonyl (C=O) groups excluding carboxylic acids is 1. The summed E-state index contributed by atoms with van der Waals surface area (Å²) in [7, 11) is 6.87. The fourth-order valence-corrected chi connectivity index (χ4v) is 4.08. The predicted molar refractivity (Wildman–Crippen MR) is 129 cm³/mol. The van der Waals surface area contributed by atoms with Crippen molar-refractivity contribution in [2.24, 2.45) is 0 Å². The zero-order valence-corrected chi connectivity index (χ0v) is 20.0. The Kier molecular flexibility index (Phi) is 6.41. The number of ether oxygens (including phenoxy) is 1. The van der Waals surface area contributed by atoms with Crippen molar-refractivity contribution in [2.75, 3.05) is 23.0 Å². The van der Waals surface area contributed by atoms with E-state index < -0.39 is 11.0 Å². The summed E-state index contributed by atoms with van der Waals surface area (Å²) in [6, 6.07) is 8.22. The predicted octanol–water partition coefficient (Wildman–Crippen LogP) is 4.03. The van der Waals surface area contributed by atoms with Gasteiger partial charge >= 0.3 is 6.09 Å². The number of benzene rings is 1. The van der Waals surface area contributed by atoms with Crippen LogP contribution in [0.4, 0.5) is 16.3 Å². The number of nitrogens with zero attached hydrogens (tertiary/aromatic N) is 3. The Hall–Kier alpha value is -2.26. The number of para-hydroxylation sites is 1. The molecule has 0 spiro atoms. The first-order valence-corrected chi connectivity index (χ1v) is 12.2. The van der Waals surface area contributed by atoms with Gasteiger partial charge in [0.05, 0.1) is 5.69 Å². The maximum Gasteiger partial charge on any atom is 0.414 e. The topological polar surface area (TPSA) is 79.4 Å². The van der Waals surface area contributed by atoms with Crippen molar-refractivity contribution in [1.82, 2.24) is 15.3 Å². The molecule has 0 saturated heterocycles. The summed E-state index contributed by atoms with van der Waals surface area (Å²) in [5.74, 6) is 0.863. The number of nitrogens with one attached hydrogen (secondary N) is 2. The average molecular weight is 451 g/mol. The highest BCUT2D eigenvalue weighted by Crippen LogP contribution is 2.37. The number of hydrogen-bond acceptors (Lipinski definition) is 7. The number of thioether (sulfide) groups is 1. The van der Waals surface area contributed by atoms with Gasteiger partial charge in [0.25, 0.3) is 0 Å². The summed E-state index contributed by atoms with van der Waals surface area (Å²) < 4.78 is 5.61. The molecular formula is C23H30BN5O2S. The van der Waals surface area contributed by atoms with Crippen LogP contribution in [0.25, 0.3) is 0 Å². The molecular weight excluding hydrogens is 421 g/mol. The van der Waals surface area contributed by atoms with E-state index in [1.807, 2.05) is 57.5 Å². The van der Waals surface area contributed by atoms with E-state index >= 15 is 0 Å². The van der Waals surface area contributed by atoms with Crippen molar-refractivity contribution in [1.29, 1.82) is 0 Å². The average Bonchev–Trinajstić information content (AvgIpc) is 3.56. The maximum absolute atomic E-state index is 12.8. The second-order valence-corrected chi connectivity index (χ2v) is 10.1. The summed E-state index contributed by atoms with van der Waals surface area (Å²) in [4.78, 5) is 23.6. The first-order chi connectivity index (χ1) is 15.2. The Bertz CT molecular complexity index is 995. The molecule has 2 radical (unpaired) electrons. The van der Waals surface area contributed by atoms with Gasteiger partial charge < -0.3 is 15.4 Å². The van der Waals surface area contributed by atoms with Gasteiger partial charge in [0.15, 0.2) is 5.16 Å². The summed E-state index contributed by atoms with van der Waals surface area (Å²) >= 11 is 1.53. The van der Waals surface area contributed by atoms with Crippen molar-refractivity contribution in [3.63, 3.8) is 0 Å². The summed E-state index contributed by atoms with van der Waals surface area (Å²) in [5.41, 5.74) is 1.27. The van der Waals surface area contributed by atoms with Crippen LogP contribution in [0.2, 0.25) is 0 Å². The SMILES string of the molecule is [B]C1(NCc2cnc(SC)nc2NC2CC2)CCN(C(=O)OC(C)(C)C)c2ccccc21. The third-order valence-electron chi connectivity index (χ3n) is 5.56. The van der Waals surface area contributed by atoms with Gasteiger partial charge in [-0.1, -0.05) is 30.0 Å². The lowest BCUT2D eigenvalue weighted by atomic mass is 9.67. The molecule has 168 valence electrons. The summed E-state index contributed by atoms with van der Waals surface area (Å²) in [6.45, 7) is 6.58. The van der Waals surface area contributed by atoms with Crippen LogP contribution in [0, 0.1) is 0 Å². The maximum atomic E-state index is 12.8. The molecule has 1 fully saturated rings. The first-order valence-electron chi connectivity index (χ1n) is 11.0. The molecule has 1 unspecified atom stereocenters. The van der Waals surface area contributed by atoms with E-state index in [4.69, 9.17) is 12.6 Å². The highest BCUT2D eigenvalue weighted by atomic mass is 32.2. The number of fused-ring (bicyclic) bond motifs is 1. The van der Waals surface area contributed by atoms with Crippen LogP contribution in [0.5, 0.6) is 0 Å². The van der Waals surface area contributed by atoms with Crippen molar-refractivity contribution in [3.05, 3.63) is 41.6 Å². The van der Waals surface area contributed by atoms with Crippen molar-refractivity contribution < 1.29 is 9.53 Å². The van der Waals surface area contributed by atoms with Crippen LogP contribution in [0.3, 0.4) is 0 Å². The van der Waals surface area contributed by atoms with Crippen molar-refractivity contribution in [2.45, 2.75) is 68.8 Å². The van der Waals surface area contributed by atoms with Gasteiger partial charge in [-0.2, -0.15) is 0 Å². The number of carbonyl (C=O) groups is 1. The molecule has 1 saturated carbocycles. The van der Waals surface area contributed by atoms with Gasteiger partial charge in [0.2, 0.25) is 0 Å². The smallest absolute Gasteiger partial charge is 0.414 e. The fraction of sp³-hybridized carbons (Fsp3) is 0.522. The molecule has 9 heteroatoms. The highest BCUT2D eigenvalue weighted by molar-refractivity contribution is 7.98. The van der Waals surface area contributed by atoms with Crippen LogP contribution < -0.4 is 15.5 Å². The molecule has 1 aromatic carbocycles. The van der Waals surface area contributed by atoms with E-state index in [-0.39, 0.29) is 6.09 Å². The Morgan fingerprint density at radius 1 is 1.34 bits per heavy atom. The van der Waals surface area contributed by atoms with Gasteiger partial charge in [-0.15, -0.1) is 0 Å². The van der Waals surface area contributed by atoms with Gasteiger partial charge in [-0.25, -0.2) is 14.8 Å². The van der Waals surface area contributed by atoms with E-state index in [9.17, 15) is 4.79 Å². The molecule has 2 aliphatic rings. The fourth-order valence-electron chi connectivity index (χ4n) is 3.74. The van der Waals surface area contributed by atoms with Gasteiger partial charge in [0.1, 0.15) is 19.3 Å². The van der Waals surface area contributed by atoms with E-state index in [0.29, 0.717) is 25.6 Å². The zero-order valence-electron chi connectivity index (χ0n) is 19.1. The summed E-state index contributed by atoms with van der Waals surface area (Å²) in [6.07, 6.45) is 6.36. The lowest BCUT2D eigenvalue weighted by molar-refractivity contribution is 0.0574. The Balaban J connectivity index is 1.55. The van der Waals surface area contributed by atoms with E-state index in [2.05, 4.69) is 20.6 Å². The number of hydrogen-bond donors (Lipinski definition) is 2. The van der Waals surface area contributed by atoms with Gasteiger partial charge in [-0.05, 0) is 57.9 Å². The monoisotopic (exact) mass is 451 g/mol. The van der Waals surface area contributed by atoms with Crippen LogP contribution in [-0.2, 0) is 16.7 Å². The highest BCUT2D eigenvalue weighted by Gasteiger charge is 2.37.